The van der Waals surface area contributed by atoms with Crippen LogP contribution in [0.5, 0.6) is 0 Å². The molecule has 0 saturated heterocycles. The van der Waals surface area contributed by atoms with Gasteiger partial charge in [-0.05, 0) is 97.9 Å². The highest BCUT2D eigenvalue weighted by atomic mass is 16.5. The molecule has 5 aliphatic carbocycles. The summed E-state index contributed by atoms with van der Waals surface area (Å²) in [6.45, 7) is 13.7. The molecule has 0 aromatic carbocycles. The lowest BCUT2D eigenvalue weighted by Gasteiger charge is -2.69. The summed E-state index contributed by atoms with van der Waals surface area (Å²) in [5, 5.41) is 14.8. The summed E-state index contributed by atoms with van der Waals surface area (Å²) in [5.74, 6) is 0.836. The van der Waals surface area contributed by atoms with Crippen molar-refractivity contribution in [1.82, 2.24) is 5.16 Å². The number of allylic oxidation sites excluding steroid dienone is 2. The molecule has 1 heterocycles. The third-order valence-electron chi connectivity index (χ3n) is 13.1. The molecule has 38 heavy (non-hydrogen) atoms. The van der Waals surface area contributed by atoms with E-state index in [1.807, 2.05) is 12.3 Å². The molecule has 0 radical (unpaired) electrons. The Morgan fingerprint density at radius 3 is 2.50 bits per heavy atom. The Kier molecular flexibility index (Phi) is 5.41. The van der Waals surface area contributed by atoms with Crippen LogP contribution in [0.4, 0.5) is 0 Å². The van der Waals surface area contributed by atoms with Gasteiger partial charge in [0.2, 0.25) is 0 Å². The van der Waals surface area contributed by atoms with Crippen molar-refractivity contribution in [2.45, 2.75) is 98.3 Å². The van der Waals surface area contributed by atoms with Crippen molar-refractivity contribution in [2.75, 3.05) is 13.7 Å². The average molecular weight is 524 g/mol. The lowest BCUT2D eigenvalue weighted by atomic mass is 9.34. The monoisotopic (exact) mass is 523 g/mol. The number of aliphatic hydroxyl groups is 1. The van der Waals surface area contributed by atoms with Gasteiger partial charge in [0.25, 0.3) is 0 Å². The Hall–Kier alpha value is -1.95. The second-order valence-corrected chi connectivity index (χ2v) is 15.3. The van der Waals surface area contributed by atoms with E-state index >= 15 is 0 Å². The normalized spacial score (nSPS) is 47.0. The van der Waals surface area contributed by atoms with Crippen LogP contribution in [0.2, 0.25) is 0 Å². The molecular formula is C32H45NO5. The number of rotatable bonds is 2. The maximum atomic E-state index is 14.5. The van der Waals surface area contributed by atoms with E-state index in [2.05, 4.69) is 46.7 Å². The first-order valence-electron chi connectivity index (χ1n) is 14.6. The van der Waals surface area contributed by atoms with Crippen LogP contribution >= 0.6 is 0 Å². The van der Waals surface area contributed by atoms with Gasteiger partial charge in [-0.3, -0.25) is 9.59 Å². The zero-order chi connectivity index (χ0) is 27.5. The summed E-state index contributed by atoms with van der Waals surface area (Å²) < 4.78 is 11.2. The fourth-order valence-electron chi connectivity index (χ4n) is 10.8. The third kappa shape index (κ3) is 2.96. The molecule has 6 rings (SSSR count). The van der Waals surface area contributed by atoms with Crippen molar-refractivity contribution in [3.05, 3.63) is 29.2 Å². The van der Waals surface area contributed by atoms with E-state index in [-0.39, 0.29) is 57.8 Å². The van der Waals surface area contributed by atoms with Gasteiger partial charge in [0.1, 0.15) is 5.76 Å². The molecule has 3 fully saturated rings. The van der Waals surface area contributed by atoms with Gasteiger partial charge in [0.05, 0.1) is 30.7 Å². The molecule has 0 bridgehead atoms. The van der Waals surface area contributed by atoms with Crippen LogP contribution in [0.1, 0.15) is 97.8 Å². The van der Waals surface area contributed by atoms with Crippen LogP contribution in [0, 0.1) is 44.8 Å². The Labute approximate surface area is 226 Å². The first kappa shape index (κ1) is 26.3. The van der Waals surface area contributed by atoms with Crippen LogP contribution in [0.15, 0.2) is 22.4 Å². The topological polar surface area (TPSA) is 89.6 Å². The molecule has 1 aromatic rings. The molecule has 1 unspecified atom stereocenters. The summed E-state index contributed by atoms with van der Waals surface area (Å²) in [5.41, 5.74) is 0.576. The van der Waals surface area contributed by atoms with Gasteiger partial charge in [-0.1, -0.05) is 45.3 Å². The number of methoxy groups -OCH3 is 1. The zero-order valence-electron chi connectivity index (χ0n) is 24.3. The molecule has 6 nitrogen and oxygen atoms in total. The predicted octanol–water partition coefficient (Wildman–Crippen LogP) is 5.81. The smallest absolute Gasteiger partial charge is 0.312 e. The Bertz CT molecular complexity index is 1230. The third-order valence-corrected chi connectivity index (χ3v) is 13.1. The van der Waals surface area contributed by atoms with Gasteiger partial charge < -0.3 is 14.4 Å². The lowest BCUT2D eigenvalue weighted by Crippen LogP contribution is -2.66. The highest BCUT2D eigenvalue weighted by molar-refractivity contribution is 5.96. The highest BCUT2D eigenvalue weighted by Crippen LogP contribution is 2.74. The van der Waals surface area contributed by atoms with Gasteiger partial charge in [0, 0.05) is 11.5 Å². The van der Waals surface area contributed by atoms with Gasteiger partial charge in [-0.2, -0.15) is 0 Å². The van der Waals surface area contributed by atoms with Crippen molar-refractivity contribution in [3.63, 3.8) is 0 Å². The van der Waals surface area contributed by atoms with E-state index in [1.54, 1.807) is 0 Å². The molecule has 1 aromatic heterocycles. The largest absolute Gasteiger partial charge is 0.469 e. The Morgan fingerprint density at radius 1 is 1.11 bits per heavy atom. The fraction of sp³-hybridized carbons (Fsp3) is 0.781. The maximum absolute atomic E-state index is 14.5. The number of aliphatic hydroxyl groups excluding tert-OH is 1. The van der Waals surface area contributed by atoms with Crippen LogP contribution in [0.25, 0.3) is 0 Å². The number of nitrogens with zero attached hydrogens (tertiary/aromatic N) is 1. The molecule has 0 spiro atoms. The zero-order valence-corrected chi connectivity index (χ0v) is 24.3. The standard InChI is InChI=1S/C32H45NO5/c1-27(2)10-12-32(26(36)37-7)13-11-31(6)24(20(32)16-27)21(35)14-23-28(3)15-19-17-33-38-25(19)29(4,18-34)22(28)8-9-30(23,31)5/h14,17,20,22,24,34H,8-13,15-16,18H2,1-7H3/t20-,22?,24-,28-,29+,30+,31+,32-/m0/s1. The van der Waals surface area contributed by atoms with Gasteiger partial charge in [-0.25, -0.2) is 0 Å². The number of carbonyl (C=O) groups is 2. The number of hydrogen-bond acceptors (Lipinski definition) is 6. The summed E-state index contributed by atoms with van der Waals surface area (Å²) in [7, 11) is 1.51. The molecule has 5 aliphatic rings. The molecule has 0 amide bonds. The average Bonchev–Trinajstić information content (AvgIpc) is 3.33. The Balaban J connectivity index is 1.51. The summed E-state index contributed by atoms with van der Waals surface area (Å²) in [6.07, 6.45) is 10.8. The van der Waals surface area contributed by atoms with Crippen LogP contribution < -0.4 is 0 Å². The number of fused-ring (bicyclic) bond motifs is 8. The number of ketones is 1. The molecule has 1 N–H and O–H groups in total. The molecule has 6 heteroatoms. The number of ether oxygens (including phenoxy) is 1. The van der Waals surface area contributed by atoms with Crippen LogP contribution in [-0.4, -0.2) is 35.7 Å². The molecular weight excluding hydrogens is 478 g/mol. The van der Waals surface area contributed by atoms with Crippen molar-refractivity contribution in [2.24, 2.45) is 44.8 Å². The van der Waals surface area contributed by atoms with Gasteiger partial charge in [-0.15, -0.1) is 0 Å². The van der Waals surface area contributed by atoms with Crippen molar-refractivity contribution < 1.29 is 24.0 Å². The minimum Gasteiger partial charge on any atom is -0.469 e. The SMILES string of the molecule is COC(=O)[C@]12CCC(C)(C)C[C@H]1[C@H]1C(=O)C=C3[C@@]4(C)Cc5cnoc5[C@](C)(CO)C4CC[C@@]3(C)[C@]1(C)CC2. The number of carbonyl (C=O) groups excluding carboxylic acids is 2. The number of aromatic nitrogens is 1. The van der Waals surface area contributed by atoms with E-state index in [0.29, 0.717) is 0 Å². The highest BCUT2D eigenvalue weighted by Gasteiger charge is 2.71. The first-order chi connectivity index (χ1) is 17.7. The second-order valence-electron chi connectivity index (χ2n) is 15.3. The lowest BCUT2D eigenvalue weighted by molar-refractivity contribution is -0.191. The molecule has 8 atom stereocenters. The molecule has 3 saturated carbocycles. The number of esters is 1. The summed E-state index contributed by atoms with van der Waals surface area (Å²) in [4.78, 5) is 27.9. The quantitative estimate of drug-likeness (QED) is 0.492. The van der Waals surface area contributed by atoms with E-state index < -0.39 is 10.8 Å². The minimum absolute atomic E-state index is 0.00785. The second kappa shape index (κ2) is 7.83. The van der Waals surface area contributed by atoms with Crippen LogP contribution in [-0.2, 0) is 26.2 Å². The van der Waals surface area contributed by atoms with E-state index in [9.17, 15) is 14.7 Å². The maximum Gasteiger partial charge on any atom is 0.312 e. The van der Waals surface area contributed by atoms with Gasteiger partial charge in [0.15, 0.2) is 5.78 Å². The fourth-order valence-corrected chi connectivity index (χ4v) is 10.8. The summed E-state index contributed by atoms with van der Waals surface area (Å²) in [6, 6.07) is 0. The van der Waals surface area contributed by atoms with E-state index in [4.69, 9.17) is 9.26 Å². The molecule has 0 aliphatic heterocycles. The van der Waals surface area contributed by atoms with Crippen molar-refractivity contribution in [3.8, 4) is 0 Å². The van der Waals surface area contributed by atoms with Crippen molar-refractivity contribution >= 4 is 11.8 Å². The van der Waals surface area contributed by atoms with Gasteiger partial charge >= 0.3 is 5.97 Å². The first-order valence-corrected chi connectivity index (χ1v) is 14.6. The van der Waals surface area contributed by atoms with Crippen LogP contribution in [0.3, 0.4) is 0 Å². The predicted molar refractivity (Wildman–Crippen MR) is 143 cm³/mol. The Morgan fingerprint density at radius 2 is 1.82 bits per heavy atom. The van der Waals surface area contributed by atoms with E-state index in [0.717, 1.165) is 62.7 Å². The minimum atomic E-state index is -0.565. The van der Waals surface area contributed by atoms with E-state index in [1.165, 1.54) is 12.7 Å². The molecule has 208 valence electrons. The summed E-state index contributed by atoms with van der Waals surface area (Å²) >= 11 is 0. The van der Waals surface area contributed by atoms with Crippen molar-refractivity contribution in [1.29, 1.82) is 0 Å². The number of hydrogen-bond donors (Lipinski definition) is 1.